The molecule has 0 amide bonds. The van der Waals surface area contributed by atoms with Crippen LogP contribution in [0.1, 0.15) is 33.6 Å². The van der Waals surface area contributed by atoms with E-state index in [4.69, 9.17) is 9.47 Å². The number of morpholine rings is 1. The number of unbranched alkanes of at least 4 members (excludes halogenated alkanes) is 1. The van der Waals surface area contributed by atoms with E-state index >= 15 is 0 Å². The van der Waals surface area contributed by atoms with E-state index in [0.29, 0.717) is 0 Å². The molecule has 1 rings (SSSR count). The van der Waals surface area contributed by atoms with E-state index in [9.17, 15) is 0 Å². The number of hydrogen-bond donors (Lipinski definition) is 1. The molecule has 1 aliphatic heterocycles. The number of nitrogens with one attached hydrogen (secondary N) is 1. The lowest BCUT2D eigenvalue weighted by Gasteiger charge is -2.38. The van der Waals surface area contributed by atoms with Crippen LogP contribution in [-0.2, 0) is 9.47 Å². The highest BCUT2D eigenvalue weighted by molar-refractivity contribution is 4.79. The molecule has 4 heteroatoms. The van der Waals surface area contributed by atoms with Gasteiger partial charge in [-0.05, 0) is 20.3 Å². The molecule has 0 unspecified atom stereocenters. The molecule has 108 valence electrons. The Morgan fingerprint density at radius 2 is 2.11 bits per heavy atom. The van der Waals surface area contributed by atoms with Crippen LogP contribution in [0.15, 0.2) is 0 Å². The molecule has 1 N–H and O–H groups in total. The first-order valence-electron chi connectivity index (χ1n) is 7.29. The van der Waals surface area contributed by atoms with Gasteiger partial charge >= 0.3 is 0 Å². The Labute approximate surface area is 112 Å². The van der Waals surface area contributed by atoms with Crippen molar-refractivity contribution in [2.75, 3.05) is 52.5 Å². The zero-order valence-corrected chi connectivity index (χ0v) is 12.3. The highest BCUT2D eigenvalue weighted by Gasteiger charge is 2.26. The maximum absolute atomic E-state index is 5.70. The van der Waals surface area contributed by atoms with Crippen molar-refractivity contribution >= 4 is 0 Å². The van der Waals surface area contributed by atoms with E-state index in [1.165, 1.54) is 12.8 Å². The Hall–Kier alpha value is -0.160. The Balaban J connectivity index is 1.91. The van der Waals surface area contributed by atoms with Crippen molar-refractivity contribution in [3.63, 3.8) is 0 Å². The second-order valence-corrected chi connectivity index (χ2v) is 5.60. The molecular weight excluding hydrogens is 228 g/mol. The summed E-state index contributed by atoms with van der Waals surface area (Å²) in [7, 11) is 0. The topological polar surface area (TPSA) is 33.7 Å². The summed E-state index contributed by atoms with van der Waals surface area (Å²) in [6.45, 7) is 14.3. The summed E-state index contributed by atoms with van der Waals surface area (Å²) >= 11 is 0. The highest BCUT2D eigenvalue weighted by Crippen LogP contribution is 2.15. The smallest absolute Gasteiger partial charge is 0.0753 e. The summed E-state index contributed by atoms with van der Waals surface area (Å²) in [5, 5.41) is 3.43. The maximum Gasteiger partial charge on any atom is 0.0753 e. The molecule has 1 saturated heterocycles. The zero-order valence-electron chi connectivity index (χ0n) is 12.3. The molecule has 0 aromatic rings. The lowest BCUT2D eigenvalue weighted by molar-refractivity contribution is -0.0854. The van der Waals surface area contributed by atoms with E-state index in [-0.39, 0.29) is 5.60 Å². The Morgan fingerprint density at radius 3 is 2.83 bits per heavy atom. The van der Waals surface area contributed by atoms with E-state index in [1.54, 1.807) is 0 Å². The summed E-state index contributed by atoms with van der Waals surface area (Å²) in [4.78, 5) is 2.47. The molecule has 0 aliphatic carbocycles. The first-order chi connectivity index (χ1) is 8.64. The third-order valence-electron chi connectivity index (χ3n) is 3.17. The molecule has 4 nitrogen and oxygen atoms in total. The number of rotatable bonds is 9. The van der Waals surface area contributed by atoms with Crippen molar-refractivity contribution < 1.29 is 9.47 Å². The second kappa shape index (κ2) is 8.86. The molecular formula is C14H30N2O2. The van der Waals surface area contributed by atoms with Gasteiger partial charge in [-0.25, -0.2) is 0 Å². The molecule has 18 heavy (non-hydrogen) atoms. The number of nitrogens with zero attached hydrogens (tertiary/aromatic N) is 1. The molecule has 1 aliphatic rings. The minimum absolute atomic E-state index is 0.0154. The normalized spacial score (nSPS) is 20.2. The van der Waals surface area contributed by atoms with Crippen LogP contribution in [0.4, 0.5) is 0 Å². The van der Waals surface area contributed by atoms with Crippen molar-refractivity contribution in [1.82, 2.24) is 10.2 Å². The fraction of sp³-hybridized carbons (Fsp3) is 1.00. The van der Waals surface area contributed by atoms with E-state index in [1.807, 2.05) is 0 Å². The third-order valence-corrected chi connectivity index (χ3v) is 3.17. The molecule has 0 aromatic carbocycles. The van der Waals surface area contributed by atoms with Gasteiger partial charge in [0.2, 0.25) is 0 Å². The van der Waals surface area contributed by atoms with Crippen molar-refractivity contribution in [3.8, 4) is 0 Å². The lowest BCUT2D eigenvalue weighted by atomic mass is 10.1. The molecule has 0 saturated carbocycles. The Morgan fingerprint density at radius 1 is 1.28 bits per heavy atom. The SMILES string of the molecule is CCCCOCCNCCN1CCOC(C)(C)C1. The quantitative estimate of drug-likeness (QED) is 0.636. The van der Waals surface area contributed by atoms with Gasteiger partial charge in [-0.2, -0.15) is 0 Å². The summed E-state index contributed by atoms with van der Waals surface area (Å²) in [6.07, 6.45) is 2.38. The van der Waals surface area contributed by atoms with Gasteiger partial charge in [0.1, 0.15) is 0 Å². The highest BCUT2D eigenvalue weighted by atomic mass is 16.5. The van der Waals surface area contributed by atoms with Crippen molar-refractivity contribution in [3.05, 3.63) is 0 Å². The van der Waals surface area contributed by atoms with Crippen molar-refractivity contribution in [2.45, 2.75) is 39.2 Å². The third kappa shape index (κ3) is 7.31. The van der Waals surface area contributed by atoms with Gasteiger partial charge in [0.15, 0.2) is 0 Å². The van der Waals surface area contributed by atoms with Gasteiger partial charge in [-0.1, -0.05) is 13.3 Å². The van der Waals surface area contributed by atoms with E-state index < -0.39 is 0 Å². The van der Waals surface area contributed by atoms with Crippen LogP contribution in [-0.4, -0.2) is 63.0 Å². The van der Waals surface area contributed by atoms with Crippen LogP contribution in [0.25, 0.3) is 0 Å². The van der Waals surface area contributed by atoms with Crippen LogP contribution in [0.2, 0.25) is 0 Å². The van der Waals surface area contributed by atoms with Gasteiger partial charge in [-0.3, -0.25) is 4.90 Å². The molecule has 1 fully saturated rings. The van der Waals surface area contributed by atoms with Crippen LogP contribution in [0, 0.1) is 0 Å². The maximum atomic E-state index is 5.70. The zero-order chi connectivity index (χ0) is 13.3. The molecule has 0 bridgehead atoms. The fourth-order valence-electron chi connectivity index (χ4n) is 2.16. The summed E-state index contributed by atoms with van der Waals surface area (Å²) < 4.78 is 11.2. The monoisotopic (exact) mass is 258 g/mol. The van der Waals surface area contributed by atoms with Crippen molar-refractivity contribution in [2.24, 2.45) is 0 Å². The molecule has 0 spiro atoms. The largest absolute Gasteiger partial charge is 0.380 e. The predicted octanol–water partition coefficient (Wildman–Crippen LogP) is 1.50. The van der Waals surface area contributed by atoms with Gasteiger partial charge in [0.25, 0.3) is 0 Å². The average Bonchev–Trinajstić information content (AvgIpc) is 2.31. The molecule has 1 heterocycles. The second-order valence-electron chi connectivity index (χ2n) is 5.60. The van der Waals surface area contributed by atoms with E-state index in [0.717, 1.165) is 52.5 Å². The summed E-state index contributed by atoms with van der Waals surface area (Å²) in [5.74, 6) is 0. The number of ether oxygens (including phenoxy) is 2. The van der Waals surface area contributed by atoms with Gasteiger partial charge in [0.05, 0.1) is 18.8 Å². The standard InChI is InChI=1S/C14H30N2O2/c1-4-5-10-17-11-7-15-6-8-16-9-12-18-14(2,3)13-16/h15H,4-13H2,1-3H3. The molecule has 0 atom stereocenters. The van der Waals surface area contributed by atoms with Gasteiger partial charge in [-0.15, -0.1) is 0 Å². The first-order valence-corrected chi connectivity index (χ1v) is 7.29. The minimum atomic E-state index is 0.0154. The molecule has 0 radical (unpaired) electrons. The van der Waals surface area contributed by atoms with Crippen LogP contribution < -0.4 is 5.32 Å². The first kappa shape index (κ1) is 15.9. The van der Waals surface area contributed by atoms with E-state index in [2.05, 4.69) is 31.0 Å². The van der Waals surface area contributed by atoms with Gasteiger partial charge < -0.3 is 14.8 Å². The van der Waals surface area contributed by atoms with Crippen molar-refractivity contribution in [1.29, 1.82) is 0 Å². The lowest BCUT2D eigenvalue weighted by Crippen LogP contribution is -2.49. The summed E-state index contributed by atoms with van der Waals surface area (Å²) in [5.41, 5.74) is 0.0154. The molecule has 0 aromatic heterocycles. The average molecular weight is 258 g/mol. The minimum Gasteiger partial charge on any atom is -0.380 e. The Kier molecular flexibility index (Phi) is 7.82. The van der Waals surface area contributed by atoms with Gasteiger partial charge in [0, 0.05) is 39.3 Å². The fourth-order valence-corrected chi connectivity index (χ4v) is 2.16. The predicted molar refractivity (Wildman–Crippen MR) is 75.1 cm³/mol. The summed E-state index contributed by atoms with van der Waals surface area (Å²) in [6, 6.07) is 0. The van der Waals surface area contributed by atoms with Crippen LogP contribution in [0.5, 0.6) is 0 Å². The van der Waals surface area contributed by atoms with Crippen LogP contribution >= 0.6 is 0 Å². The Bertz CT molecular complexity index is 210. The van der Waals surface area contributed by atoms with Crippen LogP contribution in [0.3, 0.4) is 0 Å². The number of hydrogen-bond acceptors (Lipinski definition) is 4.